The first-order valence-corrected chi connectivity index (χ1v) is 12.5. The molecule has 9 nitrogen and oxygen atoms in total. The van der Waals surface area contributed by atoms with Crippen molar-refractivity contribution in [3.05, 3.63) is 53.7 Å². The highest BCUT2D eigenvalue weighted by atomic mass is 19.1. The number of hydrogen-bond acceptors (Lipinski definition) is 9. The van der Waals surface area contributed by atoms with Crippen molar-refractivity contribution in [2.75, 3.05) is 63.5 Å². The fraction of sp³-hybridized carbons (Fsp3) is 0.444. The molecule has 2 N–H and O–H groups in total. The van der Waals surface area contributed by atoms with Crippen molar-refractivity contribution >= 4 is 17.3 Å². The number of halogens is 1. The number of hydrogen-bond donors (Lipinski definition) is 2. The van der Waals surface area contributed by atoms with Crippen molar-refractivity contribution < 1.29 is 23.7 Å². The van der Waals surface area contributed by atoms with Crippen LogP contribution in [-0.4, -0.2) is 73.3 Å². The van der Waals surface area contributed by atoms with Crippen LogP contribution in [0.25, 0.3) is 11.3 Å². The molecule has 0 bridgehead atoms. The number of pyridine rings is 1. The van der Waals surface area contributed by atoms with Gasteiger partial charge in [-0.1, -0.05) is 6.92 Å². The number of benzene rings is 1. The van der Waals surface area contributed by atoms with Gasteiger partial charge in [0.15, 0.2) is 0 Å². The van der Waals surface area contributed by atoms with E-state index in [1.807, 2.05) is 11.0 Å². The maximum Gasteiger partial charge on any atom is 0.227 e. The van der Waals surface area contributed by atoms with Gasteiger partial charge in [-0.25, -0.2) is 14.4 Å². The fourth-order valence-corrected chi connectivity index (χ4v) is 4.79. The molecule has 196 valence electrons. The third-order valence-corrected chi connectivity index (χ3v) is 7.03. The molecule has 0 spiro atoms. The number of aliphatic hydroxyl groups is 1. The van der Waals surface area contributed by atoms with Gasteiger partial charge in [-0.3, -0.25) is 4.98 Å². The number of aromatic nitrogens is 3. The molecule has 1 unspecified atom stereocenters. The third-order valence-electron chi connectivity index (χ3n) is 7.03. The summed E-state index contributed by atoms with van der Waals surface area (Å²) in [4.78, 5) is 15.6. The van der Waals surface area contributed by atoms with E-state index in [1.54, 1.807) is 31.6 Å². The van der Waals surface area contributed by atoms with Crippen LogP contribution in [0.2, 0.25) is 0 Å². The highest BCUT2D eigenvalue weighted by molar-refractivity contribution is 5.70. The molecule has 1 aliphatic heterocycles. The molecule has 0 saturated carbocycles. The van der Waals surface area contributed by atoms with E-state index in [0.717, 1.165) is 29.7 Å². The number of aryl methyl sites for hydroxylation is 1. The maximum absolute atomic E-state index is 15.2. The Morgan fingerprint density at radius 3 is 2.81 bits per heavy atom. The summed E-state index contributed by atoms with van der Waals surface area (Å²) in [6, 6.07) is 6.96. The van der Waals surface area contributed by atoms with Crippen LogP contribution in [0.3, 0.4) is 0 Å². The molecule has 0 amide bonds. The quantitative estimate of drug-likeness (QED) is 0.420. The summed E-state index contributed by atoms with van der Waals surface area (Å²) in [5.41, 5.74) is 4.15. The lowest BCUT2D eigenvalue weighted by Gasteiger charge is -2.29. The first-order valence-electron chi connectivity index (χ1n) is 12.5. The Kier molecular flexibility index (Phi) is 7.50. The zero-order valence-corrected chi connectivity index (χ0v) is 21.2. The summed E-state index contributed by atoms with van der Waals surface area (Å²) in [7, 11) is 1.60. The summed E-state index contributed by atoms with van der Waals surface area (Å²) >= 11 is 0. The van der Waals surface area contributed by atoms with E-state index in [-0.39, 0.29) is 17.8 Å². The summed E-state index contributed by atoms with van der Waals surface area (Å²) in [5, 5.41) is 13.1. The van der Waals surface area contributed by atoms with Gasteiger partial charge in [-0.15, -0.1) is 0 Å². The van der Waals surface area contributed by atoms with Gasteiger partial charge in [0.05, 0.1) is 43.5 Å². The second-order valence-corrected chi connectivity index (χ2v) is 9.57. The molecule has 1 saturated heterocycles. The van der Waals surface area contributed by atoms with Crippen molar-refractivity contribution in [2.24, 2.45) is 0 Å². The Bertz CT molecular complexity index is 1250. The fourth-order valence-electron chi connectivity index (χ4n) is 4.79. The topological polar surface area (TPSA) is 102 Å². The monoisotopic (exact) mass is 509 g/mol. The number of nitrogens with zero attached hydrogens (tertiary/aromatic N) is 4. The van der Waals surface area contributed by atoms with E-state index in [9.17, 15) is 5.11 Å². The highest BCUT2D eigenvalue weighted by Crippen LogP contribution is 2.39. The predicted octanol–water partition coefficient (Wildman–Crippen LogP) is 3.48. The molecule has 1 aliphatic carbocycles. The molecular weight excluding hydrogens is 477 g/mol. The standard InChI is InChI=1S/C27H32FN5O4/c1-27(17-34)5-3-22-19(27)13-18(16-30-22)21-4-6-29-26(31-21)32-23-14-20(28)24(33-7-9-36-10-8-33)15-25(23)37-12-11-35-2/h4,6,13-16,34H,3,5,7-12,17H2,1-2H3,(H,29,31,32). The van der Waals surface area contributed by atoms with E-state index in [1.165, 1.54) is 6.07 Å². The van der Waals surface area contributed by atoms with Gasteiger partial charge in [0.1, 0.15) is 18.2 Å². The number of morpholine rings is 1. The average molecular weight is 510 g/mol. The van der Waals surface area contributed by atoms with Crippen molar-refractivity contribution in [1.29, 1.82) is 0 Å². The van der Waals surface area contributed by atoms with Gasteiger partial charge in [0.2, 0.25) is 5.95 Å². The number of rotatable bonds is 9. The zero-order chi connectivity index (χ0) is 25.8. The van der Waals surface area contributed by atoms with E-state index >= 15 is 4.39 Å². The van der Waals surface area contributed by atoms with Gasteiger partial charge in [0, 0.05) is 61.4 Å². The minimum absolute atomic E-state index is 0.0690. The number of ether oxygens (including phenoxy) is 3. The van der Waals surface area contributed by atoms with Gasteiger partial charge >= 0.3 is 0 Å². The van der Waals surface area contributed by atoms with Crippen LogP contribution < -0.4 is 15.0 Å². The van der Waals surface area contributed by atoms with Gasteiger partial charge < -0.3 is 29.5 Å². The van der Waals surface area contributed by atoms with Crippen LogP contribution in [0, 0.1) is 5.82 Å². The van der Waals surface area contributed by atoms with Crippen LogP contribution in [0.4, 0.5) is 21.7 Å². The van der Waals surface area contributed by atoms with Gasteiger partial charge in [-0.2, -0.15) is 0 Å². The molecule has 2 aliphatic rings. The lowest BCUT2D eigenvalue weighted by Crippen LogP contribution is -2.36. The first kappa shape index (κ1) is 25.3. The van der Waals surface area contributed by atoms with Crippen LogP contribution in [0.5, 0.6) is 5.75 Å². The summed E-state index contributed by atoms with van der Waals surface area (Å²) < 4.78 is 31.7. The van der Waals surface area contributed by atoms with E-state index in [0.29, 0.717) is 68.3 Å². The molecule has 37 heavy (non-hydrogen) atoms. The Morgan fingerprint density at radius 1 is 1.19 bits per heavy atom. The maximum atomic E-state index is 15.2. The molecule has 1 fully saturated rings. The second-order valence-electron chi connectivity index (χ2n) is 9.57. The number of nitrogens with one attached hydrogen (secondary N) is 1. The Hall–Kier alpha value is -3.34. The molecule has 1 aromatic carbocycles. The number of methoxy groups -OCH3 is 1. The first-order chi connectivity index (χ1) is 18.0. The van der Waals surface area contributed by atoms with Crippen molar-refractivity contribution in [1.82, 2.24) is 15.0 Å². The Balaban J connectivity index is 1.43. The summed E-state index contributed by atoms with van der Waals surface area (Å²) in [6.07, 6.45) is 5.15. The summed E-state index contributed by atoms with van der Waals surface area (Å²) in [5.74, 6) is 0.413. The van der Waals surface area contributed by atoms with E-state index in [2.05, 4.69) is 27.2 Å². The minimum atomic E-state index is -0.370. The smallest absolute Gasteiger partial charge is 0.227 e. The van der Waals surface area contributed by atoms with E-state index in [4.69, 9.17) is 14.2 Å². The number of anilines is 3. The largest absolute Gasteiger partial charge is 0.489 e. The molecule has 1 atom stereocenters. The molecule has 2 aromatic heterocycles. The lowest BCUT2D eigenvalue weighted by atomic mass is 9.85. The molecule has 3 heterocycles. The zero-order valence-electron chi connectivity index (χ0n) is 21.2. The van der Waals surface area contributed by atoms with Crippen molar-refractivity contribution in [3.8, 4) is 17.0 Å². The Labute approximate surface area is 215 Å². The van der Waals surface area contributed by atoms with Crippen LogP contribution in [-0.2, 0) is 21.3 Å². The van der Waals surface area contributed by atoms with Gasteiger partial charge in [0.25, 0.3) is 0 Å². The highest BCUT2D eigenvalue weighted by Gasteiger charge is 2.35. The molecule has 3 aromatic rings. The van der Waals surface area contributed by atoms with Gasteiger partial charge in [-0.05, 0) is 30.5 Å². The molecular formula is C27H32FN5O4. The van der Waals surface area contributed by atoms with E-state index < -0.39 is 0 Å². The average Bonchev–Trinajstić information content (AvgIpc) is 3.27. The third kappa shape index (κ3) is 5.36. The normalized spacial score (nSPS) is 19.1. The van der Waals surface area contributed by atoms with Crippen LogP contribution in [0.1, 0.15) is 24.6 Å². The van der Waals surface area contributed by atoms with Crippen molar-refractivity contribution in [3.63, 3.8) is 0 Å². The van der Waals surface area contributed by atoms with Crippen molar-refractivity contribution in [2.45, 2.75) is 25.2 Å². The van der Waals surface area contributed by atoms with Crippen LogP contribution >= 0.6 is 0 Å². The number of fused-ring (bicyclic) bond motifs is 1. The minimum Gasteiger partial charge on any atom is -0.489 e. The molecule has 0 radical (unpaired) electrons. The summed E-state index contributed by atoms with van der Waals surface area (Å²) in [6.45, 7) is 5.15. The molecule has 5 rings (SSSR count). The number of aliphatic hydroxyl groups excluding tert-OH is 1. The lowest BCUT2D eigenvalue weighted by molar-refractivity contribution is 0.122. The second kappa shape index (κ2) is 11.0. The SMILES string of the molecule is COCCOc1cc(N2CCOCC2)c(F)cc1Nc1nccc(-c2cnc3c(c2)C(C)(CO)CC3)n1. The predicted molar refractivity (Wildman–Crippen MR) is 138 cm³/mol. The molecule has 10 heteroatoms. The Morgan fingerprint density at radius 2 is 2.03 bits per heavy atom. The van der Waals surface area contributed by atoms with Crippen LogP contribution in [0.15, 0.2) is 36.7 Å².